The Labute approximate surface area is 64.5 Å². The number of nitrogens with zero attached hydrogens (tertiary/aromatic N) is 2. The second kappa shape index (κ2) is 3.93. The smallest absolute Gasteiger partial charge is 0.190 e. The summed E-state index contributed by atoms with van der Waals surface area (Å²) in [4.78, 5) is 0. The minimum absolute atomic E-state index is 0.0448. The third-order valence-electron chi connectivity index (χ3n) is 1.21. The van der Waals surface area contributed by atoms with Crippen molar-refractivity contribution in [2.45, 2.75) is 13.8 Å². The highest BCUT2D eigenvalue weighted by Gasteiger charge is 2.27. The molecule has 7 heteroatoms. The average molecular weight is 188 g/mol. The molecule has 0 saturated heterocycles. The Balaban J connectivity index is 4.53. The van der Waals surface area contributed by atoms with E-state index >= 15 is 0 Å². The zero-order valence-corrected chi connectivity index (χ0v) is 7.11. The van der Waals surface area contributed by atoms with Crippen molar-refractivity contribution in [1.82, 2.24) is 9.05 Å². The summed E-state index contributed by atoms with van der Waals surface area (Å²) in [7, 11) is -4.51. The molecule has 11 heavy (non-hydrogen) atoms. The lowest BCUT2D eigenvalue weighted by molar-refractivity contribution is -0.0601. The maximum atomic E-state index is 11.6. The quantitative estimate of drug-likeness (QED) is 0.607. The van der Waals surface area contributed by atoms with Gasteiger partial charge in [0.2, 0.25) is 0 Å². The molecular weight excluding hydrogens is 178 g/mol. The lowest BCUT2D eigenvalue weighted by Gasteiger charge is -2.16. The number of rotatable bonds is 4. The van der Waals surface area contributed by atoms with E-state index in [9.17, 15) is 17.4 Å². The van der Waals surface area contributed by atoms with Crippen LogP contribution in [0.2, 0.25) is 0 Å². The molecule has 0 aromatic rings. The van der Waals surface area contributed by atoms with Crippen molar-refractivity contribution in [3.05, 3.63) is 0 Å². The van der Waals surface area contributed by atoms with E-state index in [0.717, 1.165) is 0 Å². The van der Waals surface area contributed by atoms with Gasteiger partial charge in [0.15, 0.2) is 4.75 Å². The summed E-state index contributed by atoms with van der Waals surface area (Å²) in [5, 5.41) is 0. The van der Waals surface area contributed by atoms with Gasteiger partial charge in [0.1, 0.15) is 0 Å². The summed E-state index contributed by atoms with van der Waals surface area (Å²) in [6, 6.07) is 0. The van der Waals surface area contributed by atoms with Crippen molar-refractivity contribution in [2.75, 3.05) is 13.1 Å². The van der Waals surface area contributed by atoms with Gasteiger partial charge in [-0.05, 0) is 0 Å². The van der Waals surface area contributed by atoms with Crippen molar-refractivity contribution >= 4 is 10.2 Å². The molecule has 0 saturated carbocycles. The monoisotopic (exact) mass is 188 g/mol. The largest absolute Gasteiger partial charge is 0.336 e. The van der Waals surface area contributed by atoms with Gasteiger partial charge in [-0.15, -0.1) is 0 Å². The second-order valence-corrected chi connectivity index (χ2v) is 3.45. The van der Waals surface area contributed by atoms with Gasteiger partial charge >= 0.3 is 10.2 Å². The van der Waals surface area contributed by atoms with E-state index in [4.69, 9.17) is 0 Å². The zero-order valence-electron chi connectivity index (χ0n) is 6.29. The first-order valence-corrected chi connectivity index (χ1v) is 4.48. The Hall–Kier alpha value is -0.270. The normalized spacial score (nSPS) is 12.9. The Morgan fingerprint density at radius 1 is 1.18 bits per heavy atom. The molecule has 0 spiro atoms. The highest BCUT2D eigenvalue weighted by molar-refractivity contribution is 7.86. The third-order valence-corrected chi connectivity index (χ3v) is 2.72. The summed E-state index contributed by atoms with van der Waals surface area (Å²) in [5.74, 6) is 0. The fraction of sp³-hybridized carbons (Fsp3) is 1.00. The molecule has 0 aromatic heterocycles. The van der Waals surface area contributed by atoms with Crippen LogP contribution in [0.4, 0.5) is 8.96 Å². The lowest BCUT2D eigenvalue weighted by Crippen LogP contribution is -2.36. The van der Waals surface area contributed by atoms with Crippen LogP contribution < -0.4 is 0 Å². The highest BCUT2D eigenvalue weighted by atomic mass is 32.2. The van der Waals surface area contributed by atoms with Crippen LogP contribution in [0.5, 0.6) is 0 Å². The number of hydrogen-bond donors (Lipinski definition) is 0. The highest BCUT2D eigenvalue weighted by Crippen LogP contribution is 2.07. The van der Waals surface area contributed by atoms with Crippen LogP contribution >= 0.6 is 0 Å². The van der Waals surface area contributed by atoms with E-state index in [0.29, 0.717) is 4.31 Å². The molecule has 0 radical (unpaired) electrons. The van der Waals surface area contributed by atoms with E-state index in [2.05, 4.69) is 0 Å². The van der Waals surface area contributed by atoms with Gasteiger partial charge < -0.3 is 0 Å². The molecule has 4 nitrogen and oxygen atoms in total. The third kappa shape index (κ3) is 2.35. The summed E-state index contributed by atoms with van der Waals surface area (Å²) >= 11 is 0. The SMILES string of the molecule is CCN(CC)S(=O)(=O)N(F)F. The minimum Gasteiger partial charge on any atom is -0.190 e. The van der Waals surface area contributed by atoms with Gasteiger partial charge in [-0.2, -0.15) is 12.7 Å². The molecule has 0 heterocycles. The Morgan fingerprint density at radius 2 is 1.55 bits per heavy atom. The van der Waals surface area contributed by atoms with Gasteiger partial charge in [-0.25, -0.2) is 0 Å². The molecule has 0 fully saturated rings. The first-order valence-electron chi connectivity index (χ1n) is 3.08. The van der Waals surface area contributed by atoms with Gasteiger partial charge in [0.05, 0.1) is 0 Å². The van der Waals surface area contributed by atoms with Crippen molar-refractivity contribution in [1.29, 1.82) is 0 Å². The molecule has 68 valence electrons. The average Bonchev–Trinajstić information content (AvgIpc) is 1.89. The molecule has 0 atom stereocenters. The maximum Gasteiger partial charge on any atom is 0.336 e. The molecule has 0 aliphatic heterocycles. The summed E-state index contributed by atoms with van der Waals surface area (Å²) in [5.41, 5.74) is 0. The van der Waals surface area contributed by atoms with Crippen molar-refractivity contribution in [3.63, 3.8) is 0 Å². The predicted octanol–water partition coefficient (Wildman–Crippen LogP) is 0.644. The van der Waals surface area contributed by atoms with Crippen LogP contribution in [-0.4, -0.2) is 30.6 Å². The van der Waals surface area contributed by atoms with Crippen LogP contribution in [0.3, 0.4) is 0 Å². The number of halogens is 2. The molecular formula is C4H10F2N2O2S. The van der Waals surface area contributed by atoms with Gasteiger partial charge in [-0.3, -0.25) is 0 Å². The Kier molecular flexibility index (Phi) is 3.84. The van der Waals surface area contributed by atoms with Crippen LogP contribution in [0.25, 0.3) is 0 Å². The number of hydrogen-bond acceptors (Lipinski definition) is 2. The molecule has 0 rings (SSSR count). The Morgan fingerprint density at radius 3 is 1.64 bits per heavy atom. The zero-order chi connectivity index (χ0) is 9.07. The maximum absolute atomic E-state index is 11.6. The van der Waals surface area contributed by atoms with Crippen LogP contribution in [-0.2, 0) is 10.2 Å². The van der Waals surface area contributed by atoms with E-state index < -0.39 is 15.0 Å². The second-order valence-electron chi connectivity index (χ2n) is 1.76. The van der Waals surface area contributed by atoms with Gasteiger partial charge in [0, 0.05) is 13.1 Å². The van der Waals surface area contributed by atoms with Crippen LogP contribution in [0.1, 0.15) is 13.8 Å². The molecule has 0 aliphatic rings. The van der Waals surface area contributed by atoms with E-state index in [-0.39, 0.29) is 13.1 Å². The molecule has 0 amide bonds. The van der Waals surface area contributed by atoms with Gasteiger partial charge in [0.25, 0.3) is 0 Å². The van der Waals surface area contributed by atoms with Gasteiger partial charge in [-0.1, -0.05) is 22.8 Å². The lowest BCUT2D eigenvalue weighted by atomic mass is 10.7. The molecule has 0 aromatic carbocycles. The fourth-order valence-electron chi connectivity index (χ4n) is 0.637. The fourth-order valence-corrected chi connectivity index (χ4v) is 1.46. The molecule has 0 aliphatic carbocycles. The van der Waals surface area contributed by atoms with E-state index in [1.165, 1.54) is 13.8 Å². The summed E-state index contributed by atoms with van der Waals surface area (Å²) < 4.78 is 43.4. The van der Waals surface area contributed by atoms with Crippen molar-refractivity contribution in [2.24, 2.45) is 0 Å². The van der Waals surface area contributed by atoms with Crippen molar-refractivity contribution in [3.8, 4) is 0 Å². The summed E-state index contributed by atoms with van der Waals surface area (Å²) in [6.45, 7) is 3.07. The molecule has 0 N–H and O–H groups in total. The topological polar surface area (TPSA) is 40.6 Å². The first kappa shape index (κ1) is 10.7. The van der Waals surface area contributed by atoms with Crippen LogP contribution in [0.15, 0.2) is 0 Å². The summed E-state index contributed by atoms with van der Waals surface area (Å²) in [6.07, 6.45) is 0. The Bertz CT molecular complexity index is 200. The first-order chi connectivity index (χ1) is 4.96. The standard InChI is InChI=1S/C4H10F2N2O2S/c1-3-7(4-2)11(9,10)8(5)6/h3-4H2,1-2H3. The van der Waals surface area contributed by atoms with E-state index in [1.807, 2.05) is 0 Å². The van der Waals surface area contributed by atoms with Crippen molar-refractivity contribution < 1.29 is 17.4 Å². The predicted molar refractivity (Wildman–Crippen MR) is 35.9 cm³/mol. The molecule has 0 unspecified atom stereocenters. The minimum atomic E-state index is -4.51. The van der Waals surface area contributed by atoms with E-state index in [1.54, 1.807) is 0 Å². The van der Waals surface area contributed by atoms with Crippen LogP contribution in [0, 0.1) is 0 Å². The molecule has 0 bridgehead atoms.